The molecule has 1 atom stereocenters. The van der Waals surface area contributed by atoms with Crippen molar-refractivity contribution in [3.05, 3.63) is 18.2 Å². The number of likely N-dealkylation sites (tertiary alicyclic amines) is 1. The number of nitrogens with zero attached hydrogens (tertiary/aromatic N) is 2. The van der Waals surface area contributed by atoms with Gasteiger partial charge in [0, 0.05) is 37.8 Å². The lowest BCUT2D eigenvalue weighted by Crippen LogP contribution is -2.39. The zero-order chi connectivity index (χ0) is 13.5. The van der Waals surface area contributed by atoms with Crippen LogP contribution in [-0.4, -0.2) is 40.4 Å². The summed E-state index contributed by atoms with van der Waals surface area (Å²) in [6, 6.07) is 0. The number of aromatic nitrogens is 2. The van der Waals surface area contributed by atoms with Gasteiger partial charge in [0.05, 0.1) is 0 Å². The highest BCUT2D eigenvalue weighted by molar-refractivity contribution is 5.76. The normalized spacial score (nSPS) is 19.6. The molecule has 0 aliphatic carbocycles. The number of rotatable bonds is 6. The molecule has 0 saturated carbocycles. The molecule has 5 nitrogen and oxygen atoms in total. The van der Waals surface area contributed by atoms with E-state index in [1.54, 1.807) is 6.20 Å². The van der Waals surface area contributed by atoms with E-state index in [-0.39, 0.29) is 5.91 Å². The van der Waals surface area contributed by atoms with Gasteiger partial charge >= 0.3 is 0 Å². The summed E-state index contributed by atoms with van der Waals surface area (Å²) >= 11 is 0. The van der Waals surface area contributed by atoms with E-state index in [4.69, 9.17) is 5.73 Å². The van der Waals surface area contributed by atoms with Crippen molar-refractivity contribution in [3.8, 4) is 0 Å². The molecule has 2 heterocycles. The Hall–Kier alpha value is -1.36. The Morgan fingerprint density at radius 3 is 3.11 bits per heavy atom. The molecule has 0 aromatic carbocycles. The summed E-state index contributed by atoms with van der Waals surface area (Å²) in [5.74, 6) is 1.67. The van der Waals surface area contributed by atoms with E-state index in [1.165, 1.54) is 0 Å². The Morgan fingerprint density at radius 1 is 1.47 bits per heavy atom. The third-order valence-corrected chi connectivity index (χ3v) is 3.77. The van der Waals surface area contributed by atoms with Gasteiger partial charge in [-0.2, -0.15) is 0 Å². The van der Waals surface area contributed by atoms with Gasteiger partial charge in [0.2, 0.25) is 5.91 Å². The van der Waals surface area contributed by atoms with Crippen LogP contribution in [0.1, 0.15) is 50.3 Å². The van der Waals surface area contributed by atoms with Crippen LogP contribution in [0.25, 0.3) is 0 Å². The van der Waals surface area contributed by atoms with Crippen molar-refractivity contribution in [2.75, 3.05) is 19.6 Å². The van der Waals surface area contributed by atoms with Gasteiger partial charge in [0.25, 0.3) is 0 Å². The van der Waals surface area contributed by atoms with Crippen molar-refractivity contribution in [2.24, 2.45) is 5.73 Å². The number of hydrogen-bond donors (Lipinski definition) is 2. The number of nitrogens with one attached hydrogen (secondary N) is 1. The molecule has 1 amide bonds. The molecular weight excluding hydrogens is 240 g/mol. The van der Waals surface area contributed by atoms with Gasteiger partial charge in [-0.1, -0.05) is 6.42 Å². The lowest BCUT2D eigenvalue weighted by molar-refractivity contribution is -0.132. The predicted molar refractivity (Wildman–Crippen MR) is 74.7 cm³/mol. The molecule has 19 heavy (non-hydrogen) atoms. The monoisotopic (exact) mass is 264 g/mol. The number of aromatic amines is 1. The second-order valence-corrected chi connectivity index (χ2v) is 5.25. The summed E-state index contributed by atoms with van der Waals surface area (Å²) in [6.07, 6.45) is 9.50. The van der Waals surface area contributed by atoms with Gasteiger partial charge in [-0.3, -0.25) is 4.79 Å². The number of carbonyl (C=O) groups is 1. The predicted octanol–water partition coefficient (Wildman–Crippen LogP) is 1.63. The number of carbonyl (C=O) groups excluding carboxylic acids is 1. The van der Waals surface area contributed by atoms with Gasteiger partial charge < -0.3 is 15.6 Å². The number of imidazole rings is 1. The van der Waals surface area contributed by atoms with Crippen LogP contribution >= 0.6 is 0 Å². The highest BCUT2D eigenvalue weighted by Crippen LogP contribution is 2.24. The second-order valence-electron chi connectivity index (χ2n) is 5.25. The summed E-state index contributed by atoms with van der Waals surface area (Å²) in [6.45, 7) is 2.43. The summed E-state index contributed by atoms with van der Waals surface area (Å²) in [7, 11) is 0. The molecule has 0 radical (unpaired) electrons. The van der Waals surface area contributed by atoms with Crippen LogP contribution in [0, 0.1) is 0 Å². The van der Waals surface area contributed by atoms with Crippen LogP contribution in [0.3, 0.4) is 0 Å². The summed E-state index contributed by atoms with van der Waals surface area (Å²) in [4.78, 5) is 21.6. The van der Waals surface area contributed by atoms with Crippen LogP contribution in [0.5, 0.6) is 0 Å². The van der Waals surface area contributed by atoms with Crippen molar-refractivity contribution in [1.29, 1.82) is 0 Å². The maximum atomic E-state index is 12.1. The van der Waals surface area contributed by atoms with E-state index in [0.717, 1.165) is 57.6 Å². The first-order valence-electron chi connectivity index (χ1n) is 7.28. The van der Waals surface area contributed by atoms with Gasteiger partial charge in [-0.05, 0) is 32.2 Å². The first-order valence-corrected chi connectivity index (χ1v) is 7.28. The fourth-order valence-electron chi connectivity index (χ4n) is 2.68. The molecule has 1 aromatic heterocycles. The molecule has 5 heteroatoms. The van der Waals surface area contributed by atoms with E-state index < -0.39 is 0 Å². The second kappa shape index (κ2) is 7.28. The number of unbranched alkanes of at least 4 members (excludes halogenated alkanes) is 2. The molecule has 2 rings (SSSR count). The van der Waals surface area contributed by atoms with Gasteiger partial charge in [-0.25, -0.2) is 4.98 Å². The lowest BCUT2D eigenvalue weighted by atomic mass is 9.97. The number of piperidine rings is 1. The average molecular weight is 264 g/mol. The zero-order valence-corrected chi connectivity index (χ0v) is 11.5. The van der Waals surface area contributed by atoms with Crippen LogP contribution in [0.4, 0.5) is 0 Å². The molecule has 1 aromatic rings. The van der Waals surface area contributed by atoms with Crippen molar-refractivity contribution < 1.29 is 4.79 Å². The average Bonchev–Trinajstić information content (AvgIpc) is 2.98. The molecule has 0 spiro atoms. The standard InChI is InChI=1S/C14H24N4O/c15-7-3-1-2-6-13(19)18-10-4-5-12(11-18)14-16-8-9-17-14/h8-9,12H,1-7,10-11,15H2,(H,16,17). The highest BCUT2D eigenvalue weighted by atomic mass is 16.2. The molecule has 1 unspecified atom stereocenters. The molecule has 3 N–H and O–H groups in total. The lowest BCUT2D eigenvalue weighted by Gasteiger charge is -2.32. The van der Waals surface area contributed by atoms with E-state index >= 15 is 0 Å². The van der Waals surface area contributed by atoms with E-state index in [9.17, 15) is 4.79 Å². The Morgan fingerprint density at radius 2 is 2.37 bits per heavy atom. The first-order chi connectivity index (χ1) is 9.31. The van der Waals surface area contributed by atoms with Crippen molar-refractivity contribution in [3.63, 3.8) is 0 Å². The van der Waals surface area contributed by atoms with E-state index in [2.05, 4.69) is 9.97 Å². The van der Waals surface area contributed by atoms with Crippen LogP contribution in [-0.2, 0) is 4.79 Å². The number of H-pyrrole nitrogens is 1. The van der Waals surface area contributed by atoms with Crippen LogP contribution in [0.15, 0.2) is 12.4 Å². The maximum absolute atomic E-state index is 12.1. The van der Waals surface area contributed by atoms with Crippen LogP contribution in [0.2, 0.25) is 0 Å². The van der Waals surface area contributed by atoms with Gasteiger partial charge in [0.15, 0.2) is 0 Å². The number of nitrogens with two attached hydrogens (primary N) is 1. The van der Waals surface area contributed by atoms with Crippen molar-refractivity contribution in [1.82, 2.24) is 14.9 Å². The fraction of sp³-hybridized carbons (Fsp3) is 0.714. The minimum Gasteiger partial charge on any atom is -0.348 e. The third kappa shape index (κ3) is 4.06. The topological polar surface area (TPSA) is 75.0 Å². The first kappa shape index (κ1) is 14.1. The fourth-order valence-corrected chi connectivity index (χ4v) is 2.68. The summed E-state index contributed by atoms with van der Waals surface area (Å²) in [5.41, 5.74) is 5.45. The molecule has 1 aliphatic heterocycles. The molecule has 1 fully saturated rings. The minimum atomic E-state index is 0.285. The van der Waals surface area contributed by atoms with Gasteiger partial charge in [-0.15, -0.1) is 0 Å². The molecule has 1 saturated heterocycles. The van der Waals surface area contributed by atoms with Crippen molar-refractivity contribution in [2.45, 2.75) is 44.4 Å². The van der Waals surface area contributed by atoms with E-state index in [0.29, 0.717) is 12.3 Å². The number of hydrogen-bond acceptors (Lipinski definition) is 3. The largest absolute Gasteiger partial charge is 0.348 e. The third-order valence-electron chi connectivity index (χ3n) is 3.77. The zero-order valence-electron chi connectivity index (χ0n) is 11.5. The smallest absolute Gasteiger partial charge is 0.222 e. The Balaban J connectivity index is 1.78. The highest BCUT2D eigenvalue weighted by Gasteiger charge is 2.25. The van der Waals surface area contributed by atoms with E-state index in [1.807, 2.05) is 11.1 Å². The van der Waals surface area contributed by atoms with Crippen molar-refractivity contribution >= 4 is 5.91 Å². The maximum Gasteiger partial charge on any atom is 0.222 e. The van der Waals surface area contributed by atoms with Gasteiger partial charge in [0.1, 0.15) is 5.82 Å². The Bertz CT molecular complexity index is 377. The molecule has 0 bridgehead atoms. The molecular formula is C14H24N4O. The minimum absolute atomic E-state index is 0.285. The Kier molecular flexibility index (Phi) is 5.39. The van der Waals surface area contributed by atoms with Crippen LogP contribution < -0.4 is 5.73 Å². The molecule has 1 aliphatic rings. The number of amides is 1. The SMILES string of the molecule is NCCCCCC(=O)N1CCCC(c2ncc[nH]2)C1. The summed E-state index contributed by atoms with van der Waals surface area (Å²) < 4.78 is 0. The summed E-state index contributed by atoms with van der Waals surface area (Å²) in [5, 5.41) is 0. The quantitative estimate of drug-likeness (QED) is 0.767. The molecule has 106 valence electrons. The Labute approximate surface area is 114 Å².